The van der Waals surface area contributed by atoms with Crippen LogP contribution in [-0.2, 0) is 5.54 Å². The minimum absolute atomic E-state index is 0.252. The van der Waals surface area contributed by atoms with Crippen LogP contribution in [0.5, 0.6) is 0 Å². The number of aromatic nitrogens is 2. The number of H-pyrrole nitrogens is 1. The quantitative estimate of drug-likeness (QED) is 0.875. The third kappa shape index (κ3) is 2.01. The summed E-state index contributed by atoms with van der Waals surface area (Å²) in [7, 11) is 0. The van der Waals surface area contributed by atoms with E-state index in [2.05, 4.69) is 9.97 Å². The molecule has 0 amide bonds. The lowest BCUT2D eigenvalue weighted by Gasteiger charge is -2.20. The van der Waals surface area contributed by atoms with Gasteiger partial charge in [-0.25, -0.2) is 4.98 Å². The van der Waals surface area contributed by atoms with E-state index < -0.39 is 0 Å². The molecule has 2 aromatic rings. The van der Waals surface area contributed by atoms with Gasteiger partial charge in [-0.3, -0.25) is 0 Å². The summed E-state index contributed by atoms with van der Waals surface area (Å²) in [5, 5.41) is 2.03. The molecular formula is C12H14ClN3S. The maximum Gasteiger partial charge on any atom is 0.126 e. The molecule has 1 aliphatic rings. The zero-order valence-electron chi connectivity index (χ0n) is 9.37. The summed E-state index contributed by atoms with van der Waals surface area (Å²) >= 11 is 7.46. The number of nitrogens with zero attached hydrogens (tertiary/aromatic N) is 1. The molecule has 0 atom stereocenters. The van der Waals surface area contributed by atoms with Crippen LogP contribution in [0.25, 0.3) is 11.3 Å². The van der Waals surface area contributed by atoms with E-state index in [4.69, 9.17) is 17.3 Å². The Morgan fingerprint density at radius 2 is 2.18 bits per heavy atom. The fourth-order valence-corrected chi connectivity index (χ4v) is 3.30. The van der Waals surface area contributed by atoms with Gasteiger partial charge in [0.2, 0.25) is 0 Å². The molecule has 90 valence electrons. The van der Waals surface area contributed by atoms with Crippen LogP contribution in [0.3, 0.4) is 0 Å². The number of rotatable bonds is 2. The molecule has 1 aliphatic carbocycles. The van der Waals surface area contributed by atoms with Crippen LogP contribution in [0.15, 0.2) is 17.6 Å². The molecule has 0 spiro atoms. The van der Waals surface area contributed by atoms with Crippen LogP contribution in [-0.4, -0.2) is 9.97 Å². The molecule has 0 saturated heterocycles. The van der Waals surface area contributed by atoms with Gasteiger partial charge < -0.3 is 10.7 Å². The second-order valence-electron chi connectivity index (χ2n) is 4.65. The molecule has 0 bridgehead atoms. The van der Waals surface area contributed by atoms with Crippen LogP contribution in [0.1, 0.15) is 31.5 Å². The summed E-state index contributed by atoms with van der Waals surface area (Å²) in [4.78, 5) is 7.77. The Labute approximate surface area is 109 Å². The number of nitrogens with one attached hydrogen (secondary N) is 1. The number of imidazole rings is 1. The maximum absolute atomic E-state index is 6.36. The van der Waals surface area contributed by atoms with Gasteiger partial charge in [0.25, 0.3) is 0 Å². The number of hydrogen-bond acceptors (Lipinski definition) is 3. The molecule has 2 aromatic heterocycles. The minimum Gasteiger partial charge on any atom is -0.340 e. The highest BCUT2D eigenvalue weighted by molar-refractivity contribution is 7.14. The zero-order valence-corrected chi connectivity index (χ0v) is 10.9. The summed E-state index contributed by atoms with van der Waals surface area (Å²) in [5.74, 6) is 0.910. The van der Waals surface area contributed by atoms with Gasteiger partial charge in [-0.1, -0.05) is 24.4 Å². The van der Waals surface area contributed by atoms with Gasteiger partial charge >= 0.3 is 0 Å². The second-order valence-corrected chi connectivity index (χ2v) is 6.19. The number of aromatic amines is 1. The zero-order chi connectivity index (χ0) is 11.9. The van der Waals surface area contributed by atoms with E-state index in [0.717, 1.165) is 34.3 Å². The topological polar surface area (TPSA) is 54.7 Å². The molecule has 0 aliphatic heterocycles. The van der Waals surface area contributed by atoms with Crippen LogP contribution in [0, 0.1) is 0 Å². The predicted molar refractivity (Wildman–Crippen MR) is 71.2 cm³/mol. The van der Waals surface area contributed by atoms with Crippen molar-refractivity contribution in [2.75, 3.05) is 0 Å². The van der Waals surface area contributed by atoms with E-state index in [1.54, 1.807) is 0 Å². The molecule has 1 saturated carbocycles. The van der Waals surface area contributed by atoms with E-state index in [1.165, 1.54) is 24.2 Å². The number of halogens is 1. The van der Waals surface area contributed by atoms with Crippen LogP contribution < -0.4 is 5.73 Å². The van der Waals surface area contributed by atoms with Crippen molar-refractivity contribution in [2.45, 2.75) is 31.2 Å². The highest BCUT2D eigenvalue weighted by atomic mass is 35.5. The summed E-state index contributed by atoms with van der Waals surface area (Å²) in [6.45, 7) is 0. The van der Waals surface area contributed by atoms with Crippen molar-refractivity contribution in [3.8, 4) is 11.3 Å². The average Bonchev–Trinajstić information content (AvgIpc) is 2.96. The predicted octanol–water partition coefficient (Wildman–Crippen LogP) is 3.52. The molecular weight excluding hydrogens is 254 g/mol. The Morgan fingerprint density at radius 1 is 1.41 bits per heavy atom. The summed E-state index contributed by atoms with van der Waals surface area (Å²) in [5.41, 5.74) is 8.19. The smallest absolute Gasteiger partial charge is 0.126 e. The fourth-order valence-electron chi connectivity index (χ4n) is 2.41. The summed E-state index contributed by atoms with van der Waals surface area (Å²) in [6, 6.07) is 1.95. The first-order chi connectivity index (χ1) is 8.17. The number of nitrogens with two attached hydrogens (primary N) is 1. The minimum atomic E-state index is -0.252. The van der Waals surface area contributed by atoms with E-state index in [1.807, 2.05) is 17.6 Å². The molecule has 1 fully saturated rings. The average molecular weight is 268 g/mol. The molecule has 2 heterocycles. The van der Waals surface area contributed by atoms with Crippen molar-refractivity contribution in [3.63, 3.8) is 0 Å². The Balaban J connectivity index is 1.92. The van der Waals surface area contributed by atoms with E-state index in [9.17, 15) is 0 Å². The van der Waals surface area contributed by atoms with Gasteiger partial charge in [0, 0.05) is 10.9 Å². The lowest BCUT2D eigenvalue weighted by molar-refractivity contribution is 0.436. The van der Waals surface area contributed by atoms with Crippen molar-refractivity contribution in [3.05, 3.63) is 27.8 Å². The van der Waals surface area contributed by atoms with Crippen LogP contribution >= 0.6 is 22.9 Å². The fraction of sp³-hybridized carbons (Fsp3) is 0.417. The Morgan fingerprint density at radius 3 is 2.82 bits per heavy atom. The maximum atomic E-state index is 6.36. The van der Waals surface area contributed by atoms with Crippen LogP contribution in [0.4, 0.5) is 0 Å². The van der Waals surface area contributed by atoms with Gasteiger partial charge in [-0.05, 0) is 18.9 Å². The molecule has 3 nitrogen and oxygen atoms in total. The molecule has 0 radical (unpaired) electrons. The first-order valence-corrected chi connectivity index (χ1v) is 7.02. The highest BCUT2D eigenvalue weighted by Gasteiger charge is 2.33. The van der Waals surface area contributed by atoms with Gasteiger partial charge in [0.05, 0.1) is 21.8 Å². The monoisotopic (exact) mass is 267 g/mol. The normalized spacial score (nSPS) is 18.7. The Hall–Kier alpha value is -0.840. The number of hydrogen-bond donors (Lipinski definition) is 2. The molecule has 5 heteroatoms. The molecule has 3 N–H and O–H groups in total. The van der Waals surface area contributed by atoms with Gasteiger partial charge in [-0.2, -0.15) is 0 Å². The first kappa shape index (κ1) is 11.3. The molecule has 0 unspecified atom stereocenters. The van der Waals surface area contributed by atoms with Gasteiger partial charge in [0.15, 0.2) is 0 Å². The highest BCUT2D eigenvalue weighted by Crippen LogP contribution is 2.36. The molecule has 0 aromatic carbocycles. The summed E-state index contributed by atoms with van der Waals surface area (Å²) < 4.78 is 0.791. The molecule has 17 heavy (non-hydrogen) atoms. The largest absolute Gasteiger partial charge is 0.340 e. The Kier molecular flexibility index (Phi) is 2.73. The lowest BCUT2D eigenvalue weighted by Crippen LogP contribution is -2.34. The van der Waals surface area contributed by atoms with Crippen molar-refractivity contribution >= 4 is 22.9 Å². The third-order valence-electron chi connectivity index (χ3n) is 3.42. The van der Waals surface area contributed by atoms with Gasteiger partial charge in [0.1, 0.15) is 5.82 Å². The summed E-state index contributed by atoms with van der Waals surface area (Å²) in [6.07, 6.45) is 6.27. The standard InChI is InChI=1S/C12H14ClN3S/c13-10-5-8(7-17-10)9-6-15-11(16-9)12(14)3-1-2-4-12/h5-7H,1-4,14H2,(H,15,16). The lowest BCUT2D eigenvalue weighted by atomic mass is 9.99. The third-order valence-corrected chi connectivity index (χ3v) is 4.51. The SMILES string of the molecule is NC1(c2ncc(-c3csc(Cl)c3)[nH]2)CCCC1. The van der Waals surface area contributed by atoms with E-state index >= 15 is 0 Å². The Bertz CT molecular complexity index is 525. The van der Waals surface area contributed by atoms with Crippen molar-refractivity contribution < 1.29 is 0 Å². The van der Waals surface area contributed by atoms with Crippen molar-refractivity contribution in [1.29, 1.82) is 0 Å². The van der Waals surface area contributed by atoms with Gasteiger partial charge in [-0.15, -0.1) is 11.3 Å². The molecule has 3 rings (SSSR count). The van der Waals surface area contributed by atoms with Crippen LogP contribution in [0.2, 0.25) is 4.34 Å². The van der Waals surface area contributed by atoms with E-state index in [-0.39, 0.29) is 5.54 Å². The van der Waals surface area contributed by atoms with E-state index in [0.29, 0.717) is 0 Å². The number of thiophene rings is 1. The van der Waals surface area contributed by atoms with Crippen molar-refractivity contribution in [1.82, 2.24) is 9.97 Å². The first-order valence-electron chi connectivity index (χ1n) is 5.76. The second kappa shape index (κ2) is 4.12. The van der Waals surface area contributed by atoms with Crippen molar-refractivity contribution in [2.24, 2.45) is 5.73 Å².